The zero-order chi connectivity index (χ0) is 25.6. The minimum absolute atomic E-state index is 0.000141. The van der Waals surface area contributed by atoms with Gasteiger partial charge >= 0.3 is 29.8 Å². The molecule has 0 saturated heterocycles. The van der Waals surface area contributed by atoms with E-state index in [1.165, 1.54) is 32.0 Å². The summed E-state index contributed by atoms with van der Waals surface area (Å²) in [6.07, 6.45) is 0. The molecule has 0 unspecified atom stereocenters. The maximum Gasteiger partial charge on any atom is 0.308 e. The van der Waals surface area contributed by atoms with Gasteiger partial charge in [-0.15, -0.1) is 0 Å². The average molecular weight is 539 g/mol. The standard InChI is InChI=1S/C22H19BrO11/c1-10(24)29-15-6-16(30-11(2)25)8-17(7-15)34-21-19(32-13(4)27)9-18(31-12(3)26)20(23)22(21)33-14(5)28/h6-9H,1-5H3. The molecule has 0 aliphatic rings. The molecule has 2 aromatic carbocycles. The Morgan fingerprint density at radius 3 is 1.38 bits per heavy atom. The number of hydrogen-bond donors (Lipinski definition) is 0. The van der Waals surface area contributed by atoms with Crippen LogP contribution in [0.3, 0.4) is 0 Å². The lowest BCUT2D eigenvalue weighted by Crippen LogP contribution is -2.10. The molecule has 11 nitrogen and oxygen atoms in total. The van der Waals surface area contributed by atoms with E-state index < -0.39 is 29.8 Å². The van der Waals surface area contributed by atoms with Crippen molar-refractivity contribution in [2.45, 2.75) is 34.6 Å². The van der Waals surface area contributed by atoms with Gasteiger partial charge in [-0.05, 0) is 15.9 Å². The quantitative estimate of drug-likeness (QED) is 0.374. The Balaban J connectivity index is 2.72. The van der Waals surface area contributed by atoms with Crippen LogP contribution < -0.4 is 28.4 Å². The van der Waals surface area contributed by atoms with Gasteiger partial charge in [-0.2, -0.15) is 0 Å². The average Bonchev–Trinajstić information content (AvgIpc) is 2.65. The summed E-state index contributed by atoms with van der Waals surface area (Å²) in [6.45, 7) is 5.71. The number of carbonyl (C=O) groups excluding carboxylic acids is 5. The second-order valence-electron chi connectivity index (χ2n) is 6.56. The fourth-order valence-electron chi connectivity index (χ4n) is 2.53. The van der Waals surface area contributed by atoms with E-state index in [4.69, 9.17) is 28.4 Å². The summed E-state index contributed by atoms with van der Waals surface area (Å²) < 4.78 is 31.4. The number of rotatable bonds is 7. The van der Waals surface area contributed by atoms with Crippen LogP contribution in [0.5, 0.6) is 40.2 Å². The number of ether oxygens (including phenoxy) is 6. The van der Waals surface area contributed by atoms with Crippen LogP contribution in [-0.2, 0) is 24.0 Å². The monoisotopic (exact) mass is 538 g/mol. The Kier molecular flexibility index (Phi) is 8.73. The Hall–Kier alpha value is -3.93. The maximum atomic E-state index is 11.8. The highest BCUT2D eigenvalue weighted by atomic mass is 79.9. The van der Waals surface area contributed by atoms with Gasteiger partial charge in [0.1, 0.15) is 21.7 Å². The highest BCUT2D eigenvalue weighted by molar-refractivity contribution is 9.10. The second kappa shape index (κ2) is 11.3. The molecule has 2 aromatic rings. The Morgan fingerprint density at radius 2 is 0.941 bits per heavy atom. The molecule has 2 rings (SSSR count). The van der Waals surface area contributed by atoms with Crippen molar-refractivity contribution in [3.63, 3.8) is 0 Å². The first-order valence-electron chi connectivity index (χ1n) is 9.47. The molecule has 12 heteroatoms. The van der Waals surface area contributed by atoms with Crippen molar-refractivity contribution in [1.29, 1.82) is 0 Å². The molecule has 0 N–H and O–H groups in total. The molecular weight excluding hydrogens is 520 g/mol. The fourth-order valence-corrected chi connectivity index (χ4v) is 2.99. The first-order valence-corrected chi connectivity index (χ1v) is 10.3. The van der Waals surface area contributed by atoms with E-state index in [0.29, 0.717) is 0 Å². The number of hydrogen-bond acceptors (Lipinski definition) is 11. The van der Waals surface area contributed by atoms with Crippen molar-refractivity contribution in [2.24, 2.45) is 0 Å². The first kappa shape index (κ1) is 26.3. The summed E-state index contributed by atoms with van der Waals surface area (Å²) in [7, 11) is 0. The van der Waals surface area contributed by atoms with Gasteiger partial charge in [-0.1, -0.05) is 0 Å². The minimum atomic E-state index is -0.770. The lowest BCUT2D eigenvalue weighted by atomic mass is 10.2. The van der Waals surface area contributed by atoms with Crippen molar-refractivity contribution in [2.75, 3.05) is 0 Å². The normalized spacial score (nSPS) is 10.1. The van der Waals surface area contributed by atoms with E-state index >= 15 is 0 Å². The van der Waals surface area contributed by atoms with Crippen LogP contribution >= 0.6 is 15.9 Å². The van der Waals surface area contributed by atoms with Crippen LogP contribution in [0.15, 0.2) is 28.7 Å². The van der Waals surface area contributed by atoms with E-state index in [0.717, 1.165) is 26.8 Å². The Labute approximate surface area is 201 Å². The summed E-state index contributed by atoms with van der Waals surface area (Å²) >= 11 is 3.18. The zero-order valence-electron chi connectivity index (χ0n) is 18.7. The third kappa shape index (κ3) is 7.59. The van der Waals surface area contributed by atoms with Crippen LogP contribution in [0.4, 0.5) is 0 Å². The summed E-state index contributed by atoms with van der Waals surface area (Å²) in [4.78, 5) is 57.8. The molecule has 0 bridgehead atoms. The number of esters is 5. The Bertz CT molecular complexity index is 1140. The van der Waals surface area contributed by atoms with Gasteiger partial charge in [0.15, 0.2) is 17.2 Å². The van der Waals surface area contributed by atoms with Gasteiger partial charge in [0.25, 0.3) is 0 Å². The minimum Gasteiger partial charge on any atom is -0.449 e. The van der Waals surface area contributed by atoms with E-state index in [9.17, 15) is 24.0 Å². The molecule has 180 valence electrons. The SMILES string of the molecule is CC(=O)Oc1cc(OC(C)=O)cc(Oc2c(OC(C)=O)cc(OC(C)=O)c(Br)c2OC(C)=O)c1. The molecule has 0 aromatic heterocycles. The van der Waals surface area contributed by atoms with Crippen LogP contribution in [0.1, 0.15) is 34.6 Å². The van der Waals surface area contributed by atoms with Crippen molar-refractivity contribution in [3.05, 3.63) is 28.7 Å². The van der Waals surface area contributed by atoms with Gasteiger partial charge < -0.3 is 28.4 Å². The predicted molar refractivity (Wildman–Crippen MR) is 117 cm³/mol. The summed E-state index contributed by atoms with van der Waals surface area (Å²) in [6, 6.07) is 4.99. The molecular formula is C22H19BrO11. The predicted octanol–water partition coefficient (Wildman–Crippen LogP) is 3.87. The van der Waals surface area contributed by atoms with Gasteiger partial charge in [0.2, 0.25) is 5.75 Å². The lowest BCUT2D eigenvalue weighted by Gasteiger charge is -2.18. The van der Waals surface area contributed by atoms with Crippen LogP contribution in [0.2, 0.25) is 0 Å². The number of carbonyl (C=O) groups is 5. The van der Waals surface area contributed by atoms with Crippen LogP contribution in [0, 0.1) is 0 Å². The van der Waals surface area contributed by atoms with Crippen molar-refractivity contribution in [1.82, 2.24) is 0 Å². The van der Waals surface area contributed by atoms with E-state index in [-0.39, 0.29) is 44.7 Å². The smallest absolute Gasteiger partial charge is 0.308 e. The molecule has 0 radical (unpaired) electrons. The van der Waals surface area contributed by atoms with Gasteiger partial charge in [0.05, 0.1) is 0 Å². The molecule has 0 atom stereocenters. The van der Waals surface area contributed by atoms with Gasteiger partial charge in [-0.25, -0.2) is 0 Å². The highest BCUT2D eigenvalue weighted by Crippen LogP contribution is 2.50. The van der Waals surface area contributed by atoms with Gasteiger partial charge in [0, 0.05) is 58.9 Å². The fraction of sp³-hybridized carbons (Fsp3) is 0.227. The molecule has 0 spiro atoms. The number of benzene rings is 2. The molecule has 0 heterocycles. The first-order chi connectivity index (χ1) is 15.8. The molecule has 0 aliphatic heterocycles. The summed E-state index contributed by atoms with van der Waals surface area (Å²) in [5.41, 5.74) is 0. The molecule has 0 aliphatic carbocycles. The van der Waals surface area contributed by atoms with Crippen molar-refractivity contribution >= 4 is 45.8 Å². The van der Waals surface area contributed by atoms with Gasteiger partial charge in [-0.3, -0.25) is 24.0 Å². The maximum absolute atomic E-state index is 11.8. The largest absolute Gasteiger partial charge is 0.449 e. The second-order valence-corrected chi connectivity index (χ2v) is 7.35. The summed E-state index contributed by atoms with van der Waals surface area (Å²) in [5.74, 6) is -4.59. The molecule has 34 heavy (non-hydrogen) atoms. The van der Waals surface area contributed by atoms with E-state index in [2.05, 4.69) is 15.9 Å². The van der Waals surface area contributed by atoms with Crippen molar-refractivity contribution in [3.8, 4) is 40.2 Å². The molecule has 0 saturated carbocycles. The van der Waals surface area contributed by atoms with E-state index in [1.54, 1.807) is 0 Å². The topological polar surface area (TPSA) is 141 Å². The lowest BCUT2D eigenvalue weighted by molar-refractivity contribution is -0.133. The van der Waals surface area contributed by atoms with E-state index in [1.807, 2.05) is 0 Å². The zero-order valence-corrected chi connectivity index (χ0v) is 20.3. The third-order valence-electron chi connectivity index (χ3n) is 3.46. The van der Waals surface area contributed by atoms with Crippen LogP contribution in [0.25, 0.3) is 0 Å². The van der Waals surface area contributed by atoms with Crippen molar-refractivity contribution < 1.29 is 52.4 Å². The van der Waals surface area contributed by atoms with Crippen LogP contribution in [-0.4, -0.2) is 29.8 Å². The third-order valence-corrected chi connectivity index (χ3v) is 4.21. The molecule has 0 amide bonds. The number of halogens is 1. The highest BCUT2D eigenvalue weighted by Gasteiger charge is 2.26. The summed E-state index contributed by atoms with van der Waals surface area (Å²) in [5, 5.41) is 0. The molecule has 0 fully saturated rings. The Morgan fingerprint density at radius 1 is 0.529 bits per heavy atom.